The molecule has 0 radical (unpaired) electrons. The van der Waals surface area contributed by atoms with Crippen molar-refractivity contribution >= 4 is 18.3 Å². The first kappa shape index (κ1) is 18.7. The van der Waals surface area contributed by atoms with E-state index in [0.717, 1.165) is 31.5 Å². The van der Waals surface area contributed by atoms with Gasteiger partial charge in [-0.1, -0.05) is 6.07 Å². The van der Waals surface area contributed by atoms with Crippen molar-refractivity contribution in [2.24, 2.45) is 0 Å². The molecule has 0 aromatic heterocycles. The summed E-state index contributed by atoms with van der Waals surface area (Å²) in [5.41, 5.74) is 0.825. The van der Waals surface area contributed by atoms with Crippen molar-refractivity contribution in [1.82, 2.24) is 10.2 Å². The first-order chi connectivity index (χ1) is 10.2. The Morgan fingerprint density at radius 3 is 2.91 bits per heavy atom. The minimum absolute atomic E-state index is 0. The van der Waals surface area contributed by atoms with Gasteiger partial charge in [0.15, 0.2) is 11.6 Å². The number of nitrogens with zero attached hydrogens (tertiary/aromatic N) is 1. The first-order valence-corrected chi connectivity index (χ1v) is 7.42. The fourth-order valence-corrected chi connectivity index (χ4v) is 2.87. The highest BCUT2D eigenvalue weighted by Crippen LogP contribution is 2.21. The molecule has 1 amide bonds. The molecule has 22 heavy (non-hydrogen) atoms. The Kier molecular flexibility index (Phi) is 7.62. The number of rotatable bonds is 6. The lowest BCUT2D eigenvalue weighted by atomic mass is 10.1. The van der Waals surface area contributed by atoms with Crippen LogP contribution in [0.2, 0.25) is 0 Å². The number of methoxy groups -OCH3 is 1. The number of hydrogen-bond donors (Lipinski definition) is 1. The lowest BCUT2D eigenvalue weighted by molar-refractivity contribution is -0.131. The van der Waals surface area contributed by atoms with Gasteiger partial charge in [-0.3, -0.25) is 4.79 Å². The molecule has 1 unspecified atom stereocenters. The maximum absolute atomic E-state index is 13.6. The number of likely N-dealkylation sites (tertiary alicyclic amines) is 1. The second-order valence-corrected chi connectivity index (χ2v) is 5.41. The number of carbonyl (C=O) groups is 1. The van der Waals surface area contributed by atoms with Crippen molar-refractivity contribution in [2.45, 2.75) is 31.7 Å². The molecule has 1 atom stereocenters. The number of halogens is 2. The van der Waals surface area contributed by atoms with E-state index in [0.29, 0.717) is 18.9 Å². The molecule has 0 aliphatic carbocycles. The summed E-state index contributed by atoms with van der Waals surface area (Å²) >= 11 is 0. The average Bonchev–Trinajstić information content (AvgIpc) is 2.93. The van der Waals surface area contributed by atoms with Crippen LogP contribution in [0.25, 0.3) is 0 Å². The summed E-state index contributed by atoms with van der Waals surface area (Å²) in [5.74, 6) is 0.0133. The quantitative estimate of drug-likeness (QED) is 0.871. The van der Waals surface area contributed by atoms with Crippen LogP contribution in [0.5, 0.6) is 5.75 Å². The number of nitrogens with one attached hydrogen (secondary N) is 1. The fraction of sp³-hybridized carbons (Fsp3) is 0.562. The third kappa shape index (κ3) is 4.58. The second kappa shape index (κ2) is 8.96. The normalized spacial score (nSPS) is 17.2. The van der Waals surface area contributed by atoms with E-state index in [1.807, 2.05) is 18.0 Å². The third-order valence-corrected chi connectivity index (χ3v) is 3.98. The first-order valence-electron chi connectivity index (χ1n) is 7.42. The van der Waals surface area contributed by atoms with Gasteiger partial charge in [0, 0.05) is 25.6 Å². The zero-order chi connectivity index (χ0) is 15.2. The molecular formula is C16H24ClFN2O2. The predicted molar refractivity (Wildman–Crippen MR) is 87.2 cm³/mol. The highest BCUT2D eigenvalue weighted by molar-refractivity contribution is 5.85. The Bertz CT molecular complexity index is 499. The Hall–Kier alpha value is -1.33. The van der Waals surface area contributed by atoms with Gasteiger partial charge in [0.25, 0.3) is 0 Å². The van der Waals surface area contributed by atoms with Crippen molar-refractivity contribution in [2.75, 3.05) is 27.2 Å². The zero-order valence-corrected chi connectivity index (χ0v) is 13.9. The largest absolute Gasteiger partial charge is 0.494 e. The lowest BCUT2D eigenvalue weighted by Crippen LogP contribution is -2.40. The zero-order valence-electron chi connectivity index (χ0n) is 13.1. The van der Waals surface area contributed by atoms with Crippen LogP contribution in [0.3, 0.4) is 0 Å². The van der Waals surface area contributed by atoms with E-state index >= 15 is 0 Å². The van der Waals surface area contributed by atoms with Crippen LogP contribution in [-0.4, -0.2) is 44.1 Å². The van der Waals surface area contributed by atoms with Crippen LogP contribution in [0, 0.1) is 5.82 Å². The van der Waals surface area contributed by atoms with Gasteiger partial charge < -0.3 is 15.0 Å². The van der Waals surface area contributed by atoms with Crippen LogP contribution in [0.4, 0.5) is 4.39 Å². The van der Waals surface area contributed by atoms with Crippen LogP contribution < -0.4 is 10.1 Å². The Morgan fingerprint density at radius 1 is 1.50 bits per heavy atom. The van der Waals surface area contributed by atoms with Crippen LogP contribution in [-0.2, 0) is 11.2 Å². The lowest BCUT2D eigenvalue weighted by Gasteiger charge is -2.24. The van der Waals surface area contributed by atoms with Gasteiger partial charge in [-0.05, 0) is 44.0 Å². The van der Waals surface area contributed by atoms with Crippen LogP contribution >= 0.6 is 12.4 Å². The average molecular weight is 331 g/mol. The summed E-state index contributed by atoms with van der Waals surface area (Å²) in [5, 5.41) is 3.13. The minimum atomic E-state index is -0.378. The number of amides is 1. The highest BCUT2D eigenvalue weighted by Gasteiger charge is 2.27. The van der Waals surface area contributed by atoms with Crippen LogP contribution in [0.1, 0.15) is 24.8 Å². The summed E-state index contributed by atoms with van der Waals surface area (Å²) < 4.78 is 18.5. The molecule has 0 spiro atoms. The standard InChI is InChI=1S/C16H23FN2O2.ClH/c1-18-11-13-4-3-9-19(13)16(20)8-6-12-5-7-15(21-2)14(17)10-12;/h5,7,10,13,18H,3-4,6,8-9,11H2,1-2H3;1H. The van der Waals surface area contributed by atoms with E-state index in [1.165, 1.54) is 13.2 Å². The number of hydrogen-bond acceptors (Lipinski definition) is 3. The summed E-state index contributed by atoms with van der Waals surface area (Å²) in [7, 11) is 3.35. The molecule has 4 nitrogen and oxygen atoms in total. The molecule has 0 bridgehead atoms. The minimum Gasteiger partial charge on any atom is -0.494 e. The smallest absolute Gasteiger partial charge is 0.223 e. The molecule has 1 fully saturated rings. The van der Waals surface area contributed by atoms with Crippen molar-refractivity contribution in [3.63, 3.8) is 0 Å². The molecule has 1 aliphatic heterocycles. The van der Waals surface area contributed by atoms with E-state index in [4.69, 9.17) is 4.74 Å². The van der Waals surface area contributed by atoms with E-state index in [2.05, 4.69) is 5.32 Å². The second-order valence-electron chi connectivity index (χ2n) is 5.41. The van der Waals surface area contributed by atoms with E-state index in [-0.39, 0.29) is 29.9 Å². The Morgan fingerprint density at radius 2 is 2.27 bits per heavy atom. The van der Waals surface area contributed by atoms with Gasteiger partial charge in [-0.15, -0.1) is 12.4 Å². The fourth-order valence-electron chi connectivity index (χ4n) is 2.87. The van der Waals surface area contributed by atoms with E-state index in [9.17, 15) is 9.18 Å². The summed E-state index contributed by atoms with van der Waals surface area (Å²) in [6.45, 7) is 1.67. The monoisotopic (exact) mass is 330 g/mol. The van der Waals surface area contributed by atoms with Gasteiger partial charge in [0.1, 0.15) is 0 Å². The van der Waals surface area contributed by atoms with Crippen LogP contribution in [0.15, 0.2) is 18.2 Å². The van der Waals surface area contributed by atoms with Crippen molar-refractivity contribution in [1.29, 1.82) is 0 Å². The van der Waals surface area contributed by atoms with E-state index < -0.39 is 0 Å². The number of benzene rings is 1. The van der Waals surface area contributed by atoms with Crippen molar-refractivity contribution < 1.29 is 13.9 Å². The molecule has 1 heterocycles. The molecule has 1 aliphatic rings. The molecule has 2 rings (SSSR count). The molecule has 1 N–H and O–H groups in total. The Balaban J connectivity index is 0.00000242. The van der Waals surface area contributed by atoms with E-state index in [1.54, 1.807) is 6.07 Å². The van der Waals surface area contributed by atoms with Gasteiger partial charge in [0.2, 0.25) is 5.91 Å². The predicted octanol–water partition coefficient (Wildman–Crippen LogP) is 2.40. The summed E-state index contributed by atoms with van der Waals surface area (Å²) in [6, 6.07) is 5.16. The highest BCUT2D eigenvalue weighted by atomic mass is 35.5. The molecule has 6 heteroatoms. The number of carbonyl (C=O) groups excluding carboxylic acids is 1. The third-order valence-electron chi connectivity index (χ3n) is 3.98. The molecular weight excluding hydrogens is 307 g/mol. The van der Waals surface area contributed by atoms with Crippen molar-refractivity contribution in [3.8, 4) is 5.75 Å². The molecule has 1 saturated heterocycles. The topological polar surface area (TPSA) is 41.6 Å². The summed E-state index contributed by atoms with van der Waals surface area (Å²) in [4.78, 5) is 14.2. The SMILES string of the molecule is CNCC1CCCN1C(=O)CCc1ccc(OC)c(F)c1.Cl. The number of likely N-dealkylation sites (N-methyl/N-ethyl adjacent to an activating group) is 1. The maximum Gasteiger partial charge on any atom is 0.223 e. The molecule has 124 valence electrons. The molecule has 1 aromatic carbocycles. The van der Waals surface area contributed by atoms with Gasteiger partial charge in [0.05, 0.1) is 7.11 Å². The van der Waals surface area contributed by atoms with Gasteiger partial charge in [-0.25, -0.2) is 4.39 Å². The van der Waals surface area contributed by atoms with Gasteiger partial charge in [-0.2, -0.15) is 0 Å². The van der Waals surface area contributed by atoms with Gasteiger partial charge >= 0.3 is 0 Å². The van der Waals surface area contributed by atoms with Crippen molar-refractivity contribution in [3.05, 3.63) is 29.6 Å². The molecule has 1 aromatic rings. The number of aryl methyl sites for hydroxylation is 1. The molecule has 0 saturated carbocycles. The summed E-state index contributed by atoms with van der Waals surface area (Å²) in [6.07, 6.45) is 3.10. The Labute approximate surface area is 137 Å². The maximum atomic E-state index is 13.6. The number of ether oxygens (including phenoxy) is 1.